The Morgan fingerprint density at radius 3 is 2.35 bits per heavy atom. The second kappa shape index (κ2) is 5.19. The minimum atomic E-state index is -0.445. The third kappa shape index (κ3) is 3.12. The first-order chi connectivity index (χ1) is 9.27. The molecule has 0 aliphatic rings. The molecule has 0 aromatic carbocycles. The molecular formula is C14H20FN5. The maximum atomic E-state index is 12.8. The van der Waals surface area contributed by atoms with E-state index in [2.05, 4.69) is 41.2 Å². The van der Waals surface area contributed by atoms with Gasteiger partial charge in [-0.25, -0.2) is 14.4 Å². The van der Waals surface area contributed by atoms with Gasteiger partial charge in [0.15, 0.2) is 5.82 Å². The Bertz CT molecular complexity index is 583. The van der Waals surface area contributed by atoms with Gasteiger partial charge in [-0.2, -0.15) is 5.10 Å². The number of nitrogens with zero attached hydrogens (tertiary/aromatic N) is 4. The van der Waals surface area contributed by atoms with E-state index < -0.39 is 5.82 Å². The van der Waals surface area contributed by atoms with E-state index in [1.54, 1.807) is 0 Å². The van der Waals surface area contributed by atoms with Crippen molar-refractivity contribution >= 4 is 5.95 Å². The number of hydrogen-bond donors (Lipinski definition) is 1. The normalized spacial score (nSPS) is 13.3. The molecule has 0 saturated carbocycles. The van der Waals surface area contributed by atoms with Gasteiger partial charge >= 0.3 is 0 Å². The maximum absolute atomic E-state index is 12.8. The zero-order valence-electron chi connectivity index (χ0n) is 12.5. The molecule has 1 unspecified atom stereocenters. The highest BCUT2D eigenvalue weighted by molar-refractivity contribution is 5.31. The van der Waals surface area contributed by atoms with E-state index in [-0.39, 0.29) is 11.6 Å². The highest BCUT2D eigenvalue weighted by atomic mass is 19.1. The van der Waals surface area contributed by atoms with E-state index in [9.17, 15) is 4.39 Å². The van der Waals surface area contributed by atoms with Crippen molar-refractivity contribution in [2.24, 2.45) is 0 Å². The summed E-state index contributed by atoms with van der Waals surface area (Å²) in [4.78, 5) is 7.81. The summed E-state index contributed by atoms with van der Waals surface area (Å²) in [6, 6.07) is -0.00318. The van der Waals surface area contributed by atoms with Crippen molar-refractivity contribution in [1.82, 2.24) is 19.7 Å². The van der Waals surface area contributed by atoms with Gasteiger partial charge in [0.25, 0.3) is 0 Å². The van der Waals surface area contributed by atoms with Crippen LogP contribution in [0.15, 0.2) is 18.6 Å². The molecule has 0 aliphatic heterocycles. The van der Waals surface area contributed by atoms with Gasteiger partial charge < -0.3 is 5.32 Å². The monoisotopic (exact) mass is 277 g/mol. The predicted octanol–water partition coefficient (Wildman–Crippen LogP) is 3.05. The summed E-state index contributed by atoms with van der Waals surface area (Å²) in [5.41, 5.74) is 1.98. The first-order valence-corrected chi connectivity index (χ1v) is 6.58. The van der Waals surface area contributed by atoms with Gasteiger partial charge in [-0.1, -0.05) is 0 Å². The smallest absolute Gasteiger partial charge is 0.223 e. The van der Waals surface area contributed by atoms with E-state index >= 15 is 0 Å². The van der Waals surface area contributed by atoms with Gasteiger partial charge in [0.2, 0.25) is 5.95 Å². The molecule has 0 bridgehead atoms. The molecule has 2 aromatic heterocycles. The van der Waals surface area contributed by atoms with Gasteiger partial charge in [-0.15, -0.1) is 0 Å². The summed E-state index contributed by atoms with van der Waals surface area (Å²) >= 11 is 0. The summed E-state index contributed by atoms with van der Waals surface area (Å²) < 4.78 is 14.7. The predicted molar refractivity (Wildman–Crippen MR) is 76.0 cm³/mol. The Morgan fingerprint density at radius 1 is 1.25 bits per heavy atom. The molecule has 0 amide bonds. The van der Waals surface area contributed by atoms with E-state index in [0.717, 1.165) is 23.7 Å². The lowest BCUT2D eigenvalue weighted by atomic mass is 10.1. The number of hydrogen-bond acceptors (Lipinski definition) is 4. The minimum Gasteiger partial charge on any atom is -0.348 e. The van der Waals surface area contributed by atoms with Crippen molar-refractivity contribution in [3.05, 3.63) is 35.7 Å². The van der Waals surface area contributed by atoms with Crippen molar-refractivity contribution in [1.29, 1.82) is 0 Å². The summed E-state index contributed by atoms with van der Waals surface area (Å²) in [5.74, 6) is -0.0401. The lowest BCUT2D eigenvalue weighted by Gasteiger charge is -2.19. The summed E-state index contributed by atoms with van der Waals surface area (Å²) in [6.45, 7) is 10.3. The fourth-order valence-electron chi connectivity index (χ4n) is 1.90. The fourth-order valence-corrected chi connectivity index (χ4v) is 1.90. The number of anilines is 1. The second-order valence-corrected chi connectivity index (χ2v) is 5.88. The van der Waals surface area contributed by atoms with Crippen LogP contribution in [0.3, 0.4) is 0 Å². The average Bonchev–Trinajstić information content (AvgIpc) is 2.74. The Balaban J connectivity index is 2.19. The van der Waals surface area contributed by atoms with Crippen molar-refractivity contribution in [3.8, 4) is 0 Å². The van der Waals surface area contributed by atoms with Gasteiger partial charge in [-0.3, -0.25) is 4.68 Å². The van der Waals surface area contributed by atoms with Gasteiger partial charge in [-0.05, 0) is 34.6 Å². The molecule has 0 radical (unpaired) electrons. The van der Waals surface area contributed by atoms with Crippen LogP contribution in [-0.4, -0.2) is 19.7 Å². The van der Waals surface area contributed by atoms with Gasteiger partial charge in [0, 0.05) is 11.8 Å². The summed E-state index contributed by atoms with van der Waals surface area (Å²) in [7, 11) is 0. The Hall–Kier alpha value is -1.98. The van der Waals surface area contributed by atoms with Crippen LogP contribution in [0.4, 0.5) is 10.3 Å². The summed E-state index contributed by atoms with van der Waals surface area (Å²) in [6.07, 6.45) is 4.32. The molecule has 0 spiro atoms. The second-order valence-electron chi connectivity index (χ2n) is 5.88. The summed E-state index contributed by atoms with van der Waals surface area (Å²) in [5, 5.41) is 7.68. The fraction of sp³-hybridized carbons (Fsp3) is 0.500. The quantitative estimate of drug-likeness (QED) is 0.937. The zero-order chi connectivity index (χ0) is 14.9. The largest absolute Gasteiger partial charge is 0.348 e. The number of aromatic nitrogens is 4. The van der Waals surface area contributed by atoms with Crippen molar-refractivity contribution < 1.29 is 4.39 Å². The minimum absolute atomic E-state index is 0.00318. The number of aryl methyl sites for hydroxylation is 1. The van der Waals surface area contributed by atoms with Crippen LogP contribution in [-0.2, 0) is 5.54 Å². The molecule has 1 N–H and O–H groups in total. The molecule has 2 rings (SSSR count). The van der Waals surface area contributed by atoms with Crippen LogP contribution in [0.1, 0.15) is 45.0 Å². The van der Waals surface area contributed by atoms with Crippen LogP contribution in [0.25, 0.3) is 0 Å². The van der Waals surface area contributed by atoms with Gasteiger partial charge in [0.1, 0.15) is 0 Å². The zero-order valence-corrected chi connectivity index (χ0v) is 12.5. The third-order valence-electron chi connectivity index (χ3n) is 3.06. The van der Waals surface area contributed by atoms with Crippen LogP contribution in [0.2, 0.25) is 0 Å². The first-order valence-electron chi connectivity index (χ1n) is 6.58. The maximum Gasteiger partial charge on any atom is 0.223 e. The van der Waals surface area contributed by atoms with Crippen molar-refractivity contribution in [2.75, 3.05) is 5.32 Å². The molecule has 108 valence electrons. The molecule has 2 heterocycles. The molecular weight excluding hydrogens is 257 g/mol. The third-order valence-corrected chi connectivity index (χ3v) is 3.06. The lowest BCUT2D eigenvalue weighted by Crippen LogP contribution is -2.22. The SMILES string of the molecule is Cc1nn(C(C)(C)C)cc1C(C)Nc1ncc(F)cn1. The average molecular weight is 277 g/mol. The van der Waals surface area contributed by atoms with Crippen molar-refractivity contribution in [3.63, 3.8) is 0 Å². The topological polar surface area (TPSA) is 55.6 Å². The molecule has 20 heavy (non-hydrogen) atoms. The first kappa shape index (κ1) is 14.4. The van der Waals surface area contributed by atoms with Crippen LogP contribution in [0.5, 0.6) is 0 Å². The highest BCUT2D eigenvalue weighted by Crippen LogP contribution is 2.23. The standard InChI is InChI=1S/C14H20FN5/c1-9(18-13-16-6-11(15)7-17-13)12-8-20(14(3,4)5)19-10(12)2/h6-9H,1-5H3,(H,16,17,18). The highest BCUT2D eigenvalue weighted by Gasteiger charge is 2.19. The lowest BCUT2D eigenvalue weighted by molar-refractivity contribution is 0.354. The van der Waals surface area contributed by atoms with Crippen molar-refractivity contribution in [2.45, 2.75) is 46.2 Å². The number of nitrogens with one attached hydrogen (secondary N) is 1. The van der Waals surface area contributed by atoms with E-state index in [0.29, 0.717) is 5.95 Å². The molecule has 0 fully saturated rings. The molecule has 0 saturated heterocycles. The number of halogens is 1. The molecule has 6 heteroatoms. The van der Waals surface area contributed by atoms with Gasteiger partial charge in [0.05, 0.1) is 29.7 Å². The molecule has 5 nitrogen and oxygen atoms in total. The van der Waals surface area contributed by atoms with E-state index in [1.165, 1.54) is 0 Å². The van der Waals surface area contributed by atoms with E-state index in [1.807, 2.05) is 24.7 Å². The Kier molecular flexibility index (Phi) is 3.74. The van der Waals surface area contributed by atoms with E-state index in [4.69, 9.17) is 0 Å². The Morgan fingerprint density at radius 2 is 1.85 bits per heavy atom. The Labute approximate surface area is 118 Å². The molecule has 0 aliphatic carbocycles. The molecule has 2 aromatic rings. The van der Waals surface area contributed by atoms with Crippen LogP contribution in [0, 0.1) is 12.7 Å². The van der Waals surface area contributed by atoms with Crippen LogP contribution < -0.4 is 5.32 Å². The van der Waals surface area contributed by atoms with Crippen LogP contribution >= 0.6 is 0 Å². The molecule has 1 atom stereocenters. The number of rotatable bonds is 3.